The molecule has 0 aliphatic rings. The number of hydrogen-bond acceptors (Lipinski definition) is 5. The van der Waals surface area contributed by atoms with Gasteiger partial charge in [0.15, 0.2) is 17.5 Å². The zero-order valence-corrected chi connectivity index (χ0v) is 25.6. The first kappa shape index (κ1) is 26.6. The van der Waals surface area contributed by atoms with Crippen molar-refractivity contribution in [1.82, 2.24) is 15.0 Å². The molecule has 0 atom stereocenters. The monoisotopic (exact) mass is 615 g/mol. The van der Waals surface area contributed by atoms with Gasteiger partial charge in [-0.05, 0) is 58.3 Å². The fourth-order valence-corrected chi connectivity index (χ4v) is 6.93. The third-order valence-corrected chi connectivity index (χ3v) is 9.14. The molecule has 5 nitrogen and oxygen atoms in total. The lowest BCUT2D eigenvalue weighted by molar-refractivity contribution is 0.668. The van der Waals surface area contributed by atoms with E-state index in [9.17, 15) is 0 Å². The summed E-state index contributed by atoms with van der Waals surface area (Å²) in [6.07, 6.45) is 0. The molecular weight excluding hydrogens is 590 g/mol. The van der Waals surface area contributed by atoms with Gasteiger partial charge in [0.25, 0.3) is 0 Å². The van der Waals surface area contributed by atoms with Gasteiger partial charge in [0, 0.05) is 38.2 Å². The van der Waals surface area contributed by atoms with Crippen molar-refractivity contribution in [2.24, 2.45) is 0 Å². The Labute approximate surface area is 274 Å². The first-order valence-electron chi connectivity index (χ1n) is 15.9. The summed E-state index contributed by atoms with van der Waals surface area (Å²) in [6.45, 7) is 0. The molecule has 0 unspecified atom stereocenters. The number of hydrogen-bond donors (Lipinski definition) is 0. The molecule has 0 bridgehead atoms. The normalized spacial score (nSPS) is 11.8. The summed E-state index contributed by atoms with van der Waals surface area (Å²) in [5.74, 6) is 1.74. The molecule has 0 radical (unpaired) electrons. The van der Waals surface area contributed by atoms with Crippen molar-refractivity contribution in [2.45, 2.75) is 0 Å². The minimum atomic E-state index is 0.573. The minimum absolute atomic E-state index is 0.573. The van der Waals surface area contributed by atoms with Crippen molar-refractivity contribution >= 4 is 54.6 Å². The standard InChI is InChI=1S/C43H25N3O2/c1-2-12-27(13-3-1)30-23-24-37-39(32-16-7-9-19-35(32)48-37)40(30)43-45-41(29-22-21-26-11-4-5-14-28(26)25-29)44-42(46-43)33-17-10-20-36-38(33)31-15-6-8-18-34(31)47-36/h1-25H. The summed E-state index contributed by atoms with van der Waals surface area (Å²) in [5, 5.41) is 6.26. The van der Waals surface area contributed by atoms with E-state index in [4.69, 9.17) is 23.8 Å². The second-order valence-electron chi connectivity index (χ2n) is 12.0. The summed E-state index contributed by atoms with van der Waals surface area (Å²) in [7, 11) is 0. The van der Waals surface area contributed by atoms with E-state index in [-0.39, 0.29) is 0 Å². The van der Waals surface area contributed by atoms with Gasteiger partial charge in [-0.15, -0.1) is 0 Å². The van der Waals surface area contributed by atoms with Crippen LogP contribution in [0.1, 0.15) is 0 Å². The molecule has 0 N–H and O–H groups in total. The first-order chi connectivity index (χ1) is 23.8. The van der Waals surface area contributed by atoms with E-state index in [1.165, 1.54) is 0 Å². The Morgan fingerprint density at radius 3 is 1.79 bits per heavy atom. The molecule has 7 aromatic carbocycles. The van der Waals surface area contributed by atoms with Crippen LogP contribution in [0.3, 0.4) is 0 Å². The smallest absolute Gasteiger partial charge is 0.165 e. The molecule has 0 spiro atoms. The largest absolute Gasteiger partial charge is 0.456 e. The molecule has 10 aromatic rings. The molecule has 0 saturated heterocycles. The molecule has 0 aliphatic heterocycles. The van der Waals surface area contributed by atoms with Crippen LogP contribution in [0.4, 0.5) is 0 Å². The highest BCUT2D eigenvalue weighted by atomic mass is 16.3. The predicted octanol–water partition coefficient (Wildman–Crippen LogP) is 11.5. The van der Waals surface area contributed by atoms with Crippen LogP contribution in [0.25, 0.3) is 99.9 Å². The molecular formula is C43H25N3O2. The van der Waals surface area contributed by atoms with E-state index in [1.54, 1.807) is 0 Å². The lowest BCUT2D eigenvalue weighted by Gasteiger charge is -2.14. The molecule has 3 heterocycles. The summed E-state index contributed by atoms with van der Waals surface area (Å²) in [4.78, 5) is 15.8. The molecule has 48 heavy (non-hydrogen) atoms. The molecule has 0 aliphatic carbocycles. The quantitative estimate of drug-likeness (QED) is 0.197. The maximum atomic E-state index is 6.40. The lowest BCUT2D eigenvalue weighted by atomic mass is 9.94. The molecule has 0 fully saturated rings. The number of nitrogens with zero attached hydrogens (tertiary/aromatic N) is 3. The van der Waals surface area contributed by atoms with Gasteiger partial charge in [0.1, 0.15) is 22.3 Å². The fourth-order valence-electron chi connectivity index (χ4n) is 6.93. The van der Waals surface area contributed by atoms with E-state index in [0.29, 0.717) is 17.5 Å². The maximum Gasteiger partial charge on any atom is 0.165 e. The first-order valence-corrected chi connectivity index (χ1v) is 15.9. The SMILES string of the molecule is c1ccc(-c2ccc3oc4ccccc4c3c2-c2nc(-c3ccc4ccccc4c3)nc(-c3cccc4oc5ccccc5c34)n2)cc1. The van der Waals surface area contributed by atoms with E-state index in [0.717, 1.165) is 82.5 Å². The van der Waals surface area contributed by atoms with Crippen molar-refractivity contribution in [1.29, 1.82) is 0 Å². The average molecular weight is 616 g/mol. The molecule has 10 rings (SSSR count). The zero-order chi connectivity index (χ0) is 31.6. The van der Waals surface area contributed by atoms with E-state index < -0.39 is 0 Å². The van der Waals surface area contributed by atoms with Crippen LogP contribution in [-0.2, 0) is 0 Å². The summed E-state index contributed by atoms with van der Waals surface area (Å²) < 4.78 is 12.7. The van der Waals surface area contributed by atoms with Crippen molar-refractivity contribution in [3.63, 3.8) is 0 Å². The Balaban J connectivity index is 1.33. The topological polar surface area (TPSA) is 65.0 Å². The molecule has 224 valence electrons. The Bertz CT molecular complexity index is 2850. The number of para-hydroxylation sites is 2. The van der Waals surface area contributed by atoms with Gasteiger partial charge in [-0.25, -0.2) is 15.0 Å². The van der Waals surface area contributed by atoms with Crippen LogP contribution in [0.15, 0.2) is 160 Å². The fraction of sp³-hybridized carbons (Fsp3) is 0. The third kappa shape index (κ3) is 4.15. The number of benzene rings is 7. The van der Waals surface area contributed by atoms with Crippen molar-refractivity contribution < 1.29 is 8.83 Å². The van der Waals surface area contributed by atoms with E-state index in [2.05, 4.69) is 91.0 Å². The van der Waals surface area contributed by atoms with Crippen LogP contribution in [0.2, 0.25) is 0 Å². The van der Waals surface area contributed by atoms with Crippen LogP contribution < -0.4 is 0 Å². The Hall–Kier alpha value is -6.59. The van der Waals surface area contributed by atoms with Crippen molar-refractivity contribution in [2.75, 3.05) is 0 Å². The molecule has 5 heteroatoms. The zero-order valence-electron chi connectivity index (χ0n) is 25.6. The van der Waals surface area contributed by atoms with E-state index in [1.807, 2.05) is 60.7 Å². The van der Waals surface area contributed by atoms with Gasteiger partial charge in [-0.3, -0.25) is 0 Å². The lowest BCUT2D eigenvalue weighted by Crippen LogP contribution is -2.02. The van der Waals surface area contributed by atoms with Gasteiger partial charge in [0.05, 0.1) is 0 Å². The van der Waals surface area contributed by atoms with E-state index >= 15 is 0 Å². The third-order valence-electron chi connectivity index (χ3n) is 9.14. The predicted molar refractivity (Wildman–Crippen MR) is 194 cm³/mol. The van der Waals surface area contributed by atoms with Gasteiger partial charge < -0.3 is 8.83 Å². The number of rotatable bonds is 4. The molecule has 0 saturated carbocycles. The summed E-state index contributed by atoms with van der Waals surface area (Å²) in [5.41, 5.74) is 7.99. The Morgan fingerprint density at radius 2 is 0.979 bits per heavy atom. The van der Waals surface area contributed by atoms with Crippen molar-refractivity contribution in [3.8, 4) is 45.3 Å². The Morgan fingerprint density at radius 1 is 0.354 bits per heavy atom. The highest BCUT2D eigenvalue weighted by Crippen LogP contribution is 2.43. The average Bonchev–Trinajstić information content (AvgIpc) is 3.73. The highest BCUT2D eigenvalue weighted by Gasteiger charge is 2.23. The van der Waals surface area contributed by atoms with Crippen molar-refractivity contribution in [3.05, 3.63) is 152 Å². The Kier molecular flexibility index (Phi) is 5.81. The summed E-state index contributed by atoms with van der Waals surface area (Å²) >= 11 is 0. The van der Waals surface area contributed by atoms with Gasteiger partial charge in [-0.2, -0.15) is 0 Å². The second-order valence-corrected chi connectivity index (χ2v) is 12.0. The second kappa shape index (κ2) is 10.5. The van der Waals surface area contributed by atoms with Crippen LogP contribution in [-0.4, -0.2) is 15.0 Å². The van der Waals surface area contributed by atoms with Crippen LogP contribution in [0.5, 0.6) is 0 Å². The van der Waals surface area contributed by atoms with Crippen LogP contribution in [0, 0.1) is 0 Å². The maximum absolute atomic E-state index is 6.40. The highest BCUT2D eigenvalue weighted by molar-refractivity contribution is 6.16. The molecule has 0 amide bonds. The number of fused-ring (bicyclic) bond motifs is 7. The van der Waals surface area contributed by atoms with Gasteiger partial charge in [-0.1, -0.05) is 115 Å². The van der Waals surface area contributed by atoms with Gasteiger partial charge >= 0.3 is 0 Å². The van der Waals surface area contributed by atoms with Crippen LogP contribution >= 0.6 is 0 Å². The number of aromatic nitrogens is 3. The summed E-state index contributed by atoms with van der Waals surface area (Å²) in [6, 6.07) is 51.6. The number of furan rings is 2. The minimum Gasteiger partial charge on any atom is -0.456 e. The van der Waals surface area contributed by atoms with Gasteiger partial charge in [0.2, 0.25) is 0 Å². The molecule has 3 aromatic heterocycles.